The van der Waals surface area contributed by atoms with E-state index in [1.807, 2.05) is 43.0 Å². The molecule has 1 aromatic heterocycles. The number of piperazine rings is 1. The van der Waals surface area contributed by atoms with Crippen molar-refractivity contribution in [3.63, 3.8) is 0 Å². The average Bonchev–Trinajstić information content (AvgIpc) is 3.32. The SMILES string of the molecule is CCCC(=O)Nc1ccc(CN=C(NCC)N2CCN(C(=O)c3ccco3)CC2)cc1. The molecule has 0 radical (unpaired) electrons. The molecule has 1 fully saturated rings. The Bertz CT molecular complexity index is 869. The van der Waals surface area contributed by atoms with E-state index in [1.165, 1.54) is 6.26 Å². The number of guanidine groups is 1. The molecule has 2 heterocycles. The van der Waals surface area contributed by atoms with Gasteiger partial charge in [-0.05, 0) is 43.2 Å². The number of hydrogen-bond donors (Lipinski definition) is 2. The largest absolute Gasteiger partial charge is 0.459 e. The normalized spacial score (nSPS) is 14.5. The molecule has 2 N–H and O–H groups in total. The summed E-state index contributed by atoms with van der Waals surface area (Å²) in [5, 5.41) is 6.24. The number of benzene rings is 1. The second-order valence-corrected chi connectivity index (χ2v) is 7.42. The van der Waals surface area contributed by atoms with Crippen molar-refractivity contribution >= 4 is 23.5 Å². The molecule has 0 bridgehead atoms. The summed E-state index contributed by atoms with van der Waals surface area (Å²) in [7, 11) is 0. The molecule has 0 atom stereocenters. The Hall–Kier alpha value is -3.29. The van der Waals surface area contributed by atoms with E-state index in [2.05, 4.69) is 15.5 Å². The third-order valence-electron chi connectivity index (χ3n) is 5.06. The first-order chi connectivity index (χ1) is 15.1. The standard InChI is InChI=1S/C23H31N5O3/c1-3-6-21(29)26-19-10-8-18(9-11-19)17-25-23(24-4-2)28-14-12-27(13-15-28)22(30)20-7-5-16-31-20/h5,7-11,16H,3-4,6,12-15,17H2,1-2H3,(H,24,25)(H,26,29). The third-order valence-corrected chi connectivity index (χ3v) is 5.06. The summed E-state index contributed by atoms with van der Waals surface area (Å²) in [5.41, 5.74) is 1.87. The summed E-state index contributed by atoms with van der Waals surface area (Å²) in [5.74, 6) is 1.18. The Balaban J connectivity index is 1.55. The molecule has 1 aliphatic heterocycles. The third kappa shape index (κ3) is 6.34. The highest BCUT2D eigenvalue weighted by molar-refractivity contribution is 5.92. The van der Waals surface area contributed by atoms with Crippen molar-refractivity contribution in [1.82, 2.24) is 15.1 Å². The fourth-order valence-electron chi connectivity index (χ4n) is 3.41. The molecule has 1 aliphatic rings. The van der Waals surface area contributed by atoms with Crippen molar-refractivity contribution in [2.75, 3.05) is 38.0 Å². The maximum Gasteiger partial charge on any atom is 0.289 e. The van der Waals surface area contributed by atoms with Crippen LogP contribution < -0.4 is 10.6 Å². The van der Waals surface area contributed by atoms with Crippen LogP contribution in [0.4, 0.5) is 5.69 Å². The molecule has 1 aromatic carbocycles. The summed E-state index contributed by atoms with van der Waals surface area (Å²) in [6.45, 7) is 8.00. The van der Waals surface area contributed by atoms with Gasteiger partial charge in [-0.3, -0.25) is 9.59 Å². The number of carbonyl (C=O) groups is 2. The second-order valence-electron chi connectivity index (χ2n) is 7.42. The molecular weight excluding hydrogens is 394 g/mol. The topological polar surface area (TPSA) is 90.2 Å². The number of carbonyl (C=O) groups excluding carboxylic acids is 2. The van der Waals surface area contributed by atoms with Gasteiger partial charge < -0.3 is 24.9 Å². The van der Waals surface area contributed by atoms with Gasteiger partial charge in [0.15, 0.2) is 11.7 Å². The molecule has 2 aromatic rings. The first-order valence-electron chi connectivity index (χ1n) is 10.9. The molecule has 2 amide bonds. The first-order valence-corrected chi connectivity index (χ1v) is 10.9. The van der Waals surface area contributed by atoms with Gasteiger partial charge in [-0.2, -0.15) is 0 Å². The van der Waals surface area contributed by atoms with Gasteiger partial charge in [-0.25, -0.2) is 4.99 Å². The van der Waals surface area contributed by atoms with Crippen LogP contribution in [0.25, 0.3) is 0 Å². The van der Waals surface area contributed by atoms with E-state index in [-0.39, 0.29) is 11.8 Å². The summed E-state index contributed by atoms with van der Waals surface area (Å²) < 4.78 is 5.23. The number of nitrogens with zero attached hydrogens (tertiary/aromatic N) is 3. The smallest absolute Gasteiger partial charge is 0.289 e. The zero-order chi connectivity index (χ0) is 22.1. The van der Waals surface area contributed by atoms with Gasteiger partial charge in [0.2, 0.25) is 5.91 Å². The molecule has 31 heavy (non-hydrogen) atoms. The highest BCUT2D eigenvalue weighted by Crippen LogP contribution is 2.13. The van der Waals surface area contributed by atoms with Gasteiger partial charge in [0, 0.05) is 44.8 Å². The van der Waals surface area contributed by atoms with Crippen LogP contribution in [0.2, 0.25) is 0 Å². The van der Waals surface area contributed by atoms with E-state index in [0.717, 1.165) is 30.2 Å². The van der Waals surface area contributed by atoms with E-state index in [9.17, 15) is 9.59 Å². The molecule has 0 unspecified atom stereocenters. The average molecular weight is 426 g/mol. The number of anilines is 1. The zero-order valence-corrected chi connectivity index (χ0v) is 18.3. The van der Waals surface area contributed by atoms with Crippen molar-refractivity contribution in [2.24, 2.45) is 4.99 Å². The lowest BCUT2D eigenvalue weighted by molar-refractivity contribution is -0.116. The van der Waals surface area contributed by atoms with Gasteiger partial charge in [-0.15, -0.1) is 0 Å². The summed E-state index contributed by atoms with van der Waals surface area (Å²) >= 11 is 0. The van der Waals surface area contributed by atoms with Crippen LogP contribution in [0.3, 0.4) is 0 Å². The second kappa shape index (κ2) is 11.2. The maximum absolute atomic E-state index is 12.4. The van der Waals surface area contributed by atoms with E-state index < -0.39 is 0 Å². The van der Waals surface area contributed by atoms with Gasteiger partial charge >= 0.3 is 0 Å². The zero-order valence-electron chi connectivity index (χ0n) is 18.3. The lowest BCUT2D eigenvalue weighted by Crippen LogP contribution is -2.53. The van der Waals surface area contributed by atoms with Crippen LogP contribution >= 0.6 is 0 Å². The van der Waals surface area contributed by atoms with Gasteiger partial charge in [-0.1, -0.05) is 19.1 Å². The van der Waals surface area contributed by atoms with Crippen LogP contribution in [-0.4, -0.2) is 60.3 Å². The number of aliphatic imine (C=N–C) groups is 1. The Morgan fingerprint density at radius 3 is 2.35 bits per heavy atom. The summed E-state index contributed by atoms with van der Waals surface area (Å²) in [6.07, 6.45) is 2.88. The predicted molar refractivity (Wildman–Crippen MR) is 121 cm³/mol. The predicted octanol–water partition coefficient (Wildman–Crippen LogP) is 2.94. The Kier molecular flexibility index (Phi) is 8.09. The number of nitrogens with one attached hydrogen (secondary N) is 2. The fourth-order valence-corrected chi connectivity index (χ4v) is 3.41. The molecule has 166 valence electrons. The Labute approximate surface area is 183 Å². The van der Waals surface area contributed by atoms with Crippen LogP contribution in [0.1, 0.15) is 42.8 Å². The van der Waals surface area contributed by atoms with Crippen LogP contribution in [0.5, 0.6) is 0 Å². The molecule has 0 spiro atoms. The number of hydrogen-bond acceptors (Lipinski definition) is 4. The van der Waals surface area contributed by atoms with Crippen molar-refractivity contribution < 1.29 is 14.0 Å². The van der Waals surface area contributed by atoms with E-state index in [4.69, 9.17) is 9.41 Å². The van der Waals surface area contributed by atoms with Crippen LogP contribution in [-0.2, 0) is 11.3 Å². The Morgan fingerprint density at radius 2 is 1.74 bits per heavy atom. The fraction of sp³-hybridized carbons (Fsp3) is 0.435. The molecule has 0 aliphatic carbocycles. The molecule has 1 saturated heterocycles. The quantitative estimate of drug-likeness (QED) is 0.526. The molecule has 8 nitrogen and oxygen atoms in total. The van der Waals surface area contributed by atoms with E-state index in [0.29, 0.717) is 44.9 Å². The van der Waals surface area contributed by atoms with Gasteiger partial charge in [0.1, 0.15) is 0 Å². The minimum Gasteiger partial charge on any atom is -0.459 e. The van der Waals surface area contributed by atoms with Crippen molar-refractivity contribution in [1.29, 1.82) is 0 Å². The molecular formula is C23H31N5O3. The number of furan rings is 1. The highest BCUT2D eigenvalue weighted by Gasteiger charge is 2.25. The van der Waals surface area contributed by atoms with E-state index >= 15 is 0 Å². The van der Waals surface area contributed by atoms with Gasteiger partial charge in [0.25, 0.3) is 5.91 Å². The molecule has 0 saturated carbocycles. The number of rotatable bonds is 7. The van der Waals surface area contributed by atoms with E-state index in [1.54, 1.807) is 12.1 Å². The van der Waals surface area contributed by atoms with Crippen molar-refractivity contribution in [2.45, 2.75) is 33.2 Å². The highest BCUT2D eigenvalue weighted by atomic mass is 16.3. The Morgan fingerprint density at radius 1 is 1.03 bits per heavy atom. The maximum atomic E-state index is 12.4. The molecule has 8 heteroatoms. The lowest BCUT2D eigenvalue weighted by atomic mass is 10.2. The minimum atomic E-state index is -0.0716. The van der Waals surface area contributed by atoms with Crippen LogP contribution in [0, 0.1) is 0 Å². The monoisotopic (exact) mass is 425 g/mol. The van der Waals surface area contributed by atoms with Crippen LogP contribution in [0.15, 0.2) is 52.1 Å². The number of amides is 2. The van der Waals surface area contributed by atoms with Crippen molar-refractivity contribution in [3.8, 4) is 0 Å². The first kappa shape index (κ1) is 22.4. The van der Waals surface area contributed by atoms with Crippen molar-refractivity contribution in [3.05, 3.63) is 54.0 Å². The molecule has 3 rings (SSSR count). The minimum absolute atomic E-state index is 0.0346. The van der Waals surface area contributed by atoms with Gasteiger partial charge in [0.05, 0.1) is 12.8 Å². The summed E-state index contributed by atoms with van der Waals surface area (Å²) in [6, 6.07) is 11.2. The summed E-state index contributed by atoms with van der Waals surface area (Å²) in [4.78, 5) is 32.9. The lowest BCUT2D eigenvalue weighted by Gasteiger charge is -2.36.